The second kappa shape index (κ2) is 9.70. The summed E-state index contributed by atoms with van der Waals surface area (Å²) in [6.45, 7) is 7.56. The Bertz CT molecular complexity index is 589. The van der Waals surface area contributed by atoms with Gasteiger partial charge in [-0.05, 0) is 32.4 Å². The highest BCUT2D eigenvalue weighted by Crippen LogP contribution is 2.12. The summed E-state index contributed by atoms with van der Waals surface area (Å²) in [6, 6.07) is 5.47. The summed E-state index contributed by atoms with van der Waals surface area (Å²) in [5.41, 5.74) is 0.859. The quantitative estimate of drug-likeness (QED) is 0.340. The van der Waals surface area contributed by atoms with Crippen molar-refractivity contribution in [3.05, 3.63) is 40.4 Å². The Morgan fingerprint density at radius 1 is 1.39 bits per heavy atom. The largest absolute Gasteiger partial charge is 0.462 e. The van der Waals surface area contributed by atoms with Crippen LogP contribution in [-0.4, -0.2) is 35.5 Å². The lowest BCUT2D eigenvalue weighted by Gasteiger charge is -2.26. The molecule has 1 aromatic heterocycles. The molecule has 6 nitrogen and oxygen atoms in total. The van der Waals surface area contributed by atoms with E-state index in [4.69, 9.17) is 16.3 Å². The summed E-state index contributed by atoms with van der Waals surface area (Å²) < 4.78 is 4.97. The fourth-order valence-corrected chi connectivity index (χ4v) is 2.11. The van der Waals surface area contributed by atoms with Crippen LogP contribution >= 0.6 is 11.6 Å². The van der Waals surface area contributed by atoms with E-state index < -0.39 is 5.97 Å². The fourth-order valence-electron chi connectivity index (χ4n) is 1.99. The molecule has 1 N–H and O–H groups in total. The number of hydrogen-bond donors (Lipinski definition) is 1. The summed E-state index contributed by atoms with van der Waals surface area (Å²) in [5.74, 6) is -0.162. The zero-order valence-corrected chi connectivity index (χ0v) is 14.4. The average molecular weight is 337 g/mol. The van der Waals surface area contributed by atoms with Crippen LogP contribution < -0.4 is 5.32 Å². The van der Waals surface area contributed by atoms with Gasteiger partial charge in [0.2, 0.25) is 0 Å². The molecule has 0 fully saturated rings. The number of nitrogens with zero attached hydrogens (tertiary/aromatic N) is 3. The molecule has 0 amide bonds. The summed E-state index contributed by atoms with van der Waals surface area (Å²) >= 11 is 5.77. The molecule has 0 spiro atoms. The standard InChI is InChI=1S/C16H21ClN4O2/c1-4-21(5-2)15(13(9-18)16(22)23-6-3)20-11-12-7-8-14(17)19-10-12/h7-8,10,20H,4-6,11H2,1-3H3/b15-13-. The molecule has 0 aliphatic carbocycles. The van der Waals surface area contributed by atoms with Crippen molar-refractivity contribution in [3.8, 4) is 6.07 Å². The third-order valence-electron chi connectivity index (χ3n) is 3.16. The minimum absolute atomic E-state index is 0.0301. The second-order valence-corrected chi connectivity index (χ2v) is 4.96. The summed E-state index contributed by atoms with van der Waals surface area (Å²) in [7, 11) is 0. The first-order valence-electron chi connectivity index (χ1n) is 7.48. The molecule has 124 valence electrons. The van der Waals surface area contributed by atoms with Gasteiger partial charge in [-0.3, -0.25) is 0 Å². The van der Waals surface area contributed by atoms with Gasteiger partial charge >= 0.3 is 5.97 Å². The van der Waals surface area contributed by atoms with Crippen molar-refractivity contribution in [2.45, 2.75) is 27.3 Å². The number of carbonyl (C=O) groups excluding carboxylic acids is 1. The van der Waals surface area contributed by atoms with Crippen LogP contribution in [0.4, 0.5) is 0 Å². The van der Waals surface area contributed by atoms with E-state index in [-0.39, 0.29) is 12.2 Å². The van der Waals surface area contributed by atoms with E-state index in [0.717, 1.165) is 5.56 Å². The molecule has 0 atom stereocenters. The van der Waals surface area contributed by atoms with E-state index in [2.05, 4.69) is 10.3 Å². The van der Waals surface area contributed by atoms with E-state index in [1.54, 1.807) is 19.2 Å². The number of esters is 1. The summed E-state index contributed by atoms with van der Waals surface area (Å²) in [5, 5.41) is 12.9. The van der Waals surface area contributed by atoms with Crippen molar-refractivity contribution in [2.24, 2.45) is 0 Å². The van der Waals surface area contributed by atoms with Crippen LogP contribution in [0.5, 0.6) is 0 Å². The molecule has 1 heterocycles. The van der Waals surface area contributed by atoms with Crippen LogP contribution in [0.2, 0.25) is 5.15 Å². The Labute approximate surface area is 141 Å². The fraction of sp³-hybridized carbons (Fsp3) is 0.438. The number of pyridine rings is 1. The van der Waals surface area contributed by atoms with Gasteiger partial charge < -0.3 is 15.0 Å². The minimum Gasteiger partial charge on any atom is -0.462 e. The lowest BCUT2D eigenvalue weighted by atomic mass is 10.2. The van der Waals surface area contributed by atoms with Gasteiger partial charge in [0, 0.05) is 25.8 Å². The first kappa shape index (κ1) is 18.8. The molecular formula is C16H21ClN4O2. The van der Waals surface area contributed by atoms with Gasteiger partial charge in [0.05, 0.1) is 6.61 Å². The molecule has 0 bridgehead atoms. The SMILES string of the molecule is CCOC(=O)/C(C#N)=C(/NCc1ccc(Cl)nc1)N(CC)CC. The number of halogens is 1. The summed E-state index contributed by atoms with van der Waals surface area (Å²) in [6.07, 6.45) is 1.64. The van der Waals surface area contributed by atoms with Gasteiger partial charge in [-0.25, -0.2) is 9.78 Å². The molecule has 1 aromatic rings. The van der Waals surface area contributed by atoms with Gasteiger partial charge in [0.25, 0.3) is 0 Å². The van der Waals surface area contributed by atoms with E-state index in [1.165, 1.54) is 0 Å². The predicted octanol–water partition coefficient (Wildman–Crippen LogP) is 2.46. The Kier molecular flexibility index (Phi) is 7.92. The smallest absolute Gasteiger partial charge is 0.352 e. The highest BCUT2D eigenvalue weighted by molar-refractivity contribution is 6.29. The molecule has 0 aliphatic heterocycles. The van der Waals surface area contributed by atoms with Crippen molar-refractivity contribution in [2.75, 3.05) is 19.7 Å². The molecule has 1 rings (SSSR count). The highest BCUT2D eigenvalue weighted by atomic mass is 35.5. The van der Waals surface area contributed by atoms with Crippen molar-refractivity contribution < 1.29 is 9.53 Å². The van der Waals surface area contributed by atoms with Crippen LogP contribution in [0.25, 0.3) is 0 Å². The van der Waals surface area contributed by atoms with E-state index in [1.807, 2.05) is 30.9 Å². The van der Waals surface area contributed by atoms with E-state index in [9.17, 15) is 10.1 Å². The van der Waals surface area contributed by atoms with Crippen molar-refractivity contribution in [3.63, 3.8) is 0 Å². The molecule has 0 aromatic carbocycles. The summed E-state index contributed by atoms with van der Waals surface area (Å²) in [4.78, 5) is 17.9. The van der Waals surface area contributed by atoms with Gasteiger partial charge in [0.1, 0.15) is 17.0 Å². The molecule has 0 saturated heterocycles. The number of aromatic nitrogens is 1. The maximum atomic E-state index is 12.0. The number of nitriles is 1. The van der Waals surface area contributed by atoms with E-state index >= 15 is 0 Å². The average Bonchev–Trinajstić information content (AvgIpc) is 2.55. The molecule has 0 saturated carbocycles. The molecular weight excluding hydrogens is 316 g/mol. The zero-order chi connectivity index (χ0) is 17.2. The van der Waals surface area contributed by atoms with Gasteiger partial charge in [-0.1, -0.05) is 17.7 Å². The van der Waals surface area contributed by atoms with Crippen LogP contribution in [-0.2, 0) is 16.1 Å². The van der Waals surface area contributed by atoms with E-state index in [0.29, 0.717) is 30.6 Å². The Morgan fingerprint density at radius 3 is 2.57 bits per heavy atom. The maximum absolute atomic E-state index is 12.0. The zero-order valence-electron chi connectivity index (χ0n) is 13.6. The Morgan fingerprint density at radius 2 is 2.09 bits per heavy atom. The van der Waals surface area contributed by atoms with Crippen LogP contribution in [0.15, 0.2) is 29.7 Å². The number of carbonyl (C=O) groups is 1. The third-order valence-corrected chi connectivity index (χ3v) is 3.38. The van der Waals surface area contributed by atoms with Crippen LogP contribution in [0.1, 0.15) is 26.3 Å². The van der Waals surface area contributed by atoms with Gasteiger partial charge in [-0.2, -0.15) is 5.26 Å². The minimum atomic E-state index is -0.626. The second-order valence-electron chi connectivity index (χ2n) is 4.57. The first-order valence-corrected chi connectivity index (χ1v) is 7.85. The van der Waals surface area contributed by atoms with Crippen molar-refractivity contribution in [1.29, 1.82) is 5.26 Å². The Hall–Kier alpha value is -2.26. The normalized spacial score (nSPS) is 11.3. The molecule has 23 heavy (non-hydrogen) atoms. The lowest BCUT2D eigenvalue weighted by molar-refractivity contribution is -0.138. The topological polar surface area (TPSA) is 78.2 Å². The molecule has 0 unspecified atom stereocenters. The van der Waals surface area contributed by atoms with Crippen LogP contribution in [0.3, 0.4) is 0 Å². The van der Waals surface area contributed by atoms with Crippen molar-refractivity contribution in [1.82, 2.24) is 15.2 Å². The lowest BCUT2D eigenvalue weighted by Crippen LogP contribution is -2.34. The third kappa shape index (κ3) is 5.46. The Balaban J connectivity index is 3.06. The molecule has 0 aliphatic rings. The van der Waals surface area contributed by atoms with Crippen LogP contribution in [0, 0.1) is 11.3 Å². The highest BCUT2D eigenvalue weighted by Gasteiger charge is 2.20. The maximum Gasteiger partial charge on any atom is 0.352 e. The number of hydrogen-bond acceptors (Lipinski definition) is 6. The molecule has 7 heteroatoms. The number of nitrogens with one attached hydrogen (secondary N) is 1. The monoisotopic (exact) mass is 336 g/mol. The number of rotatable bonds is 8. The van der Waals surface area contributed by atoms with Gasteiger partial charge in [0.15, 0.2) is 5.57 Å². The first-order chi connectivity index (χ1) is 11.1. The predicted molar refractivity (Wildman–Crippen MR) is 88.3 cm³/mol. The van der Waals surface area contributed by atoms with Crippen molar-refractivity contribution >= 4 is 17.6 Å². The molecule has 0 radical (unpaired) electrons. The van der Waals surface area contributed by atoms with Gasteiger partial charge in [-0.15, -0.1) is 0 Å². The number of ether oxygens (including phenoxy) is 1.